The number of carboxylic acids is 1. The topological polar surface area (TPSA) is 59.4 Å². The summed E-state index contributed by atoms with van der Waals surface area (Å²) in [5.74, 6) is -0.968. The first-order valence-corrected chi connectivity index (χ1v) is 7.55. The van der Waals surface area contributed by atoms with Crippen LogP contribution >= 0.6 is 11.8 Å². The van der Waals surface area contributed by atoms with Crippen LogP contribution in [0.25, 0.3) is 0 Å². The molecule has 102 valence electrons. The van der Waals surface area contributed by atoms with Crippen molar-refractivity contribution < 1.29 is 14.6 Å². The number of carboxylic acid groups (broad SMARTS) is 1. The minimum absolute atomic E-state index is 0.121. The summed E-state index contributed by atoms with van der Waals surface area (Å²) in [6.45, 7) is 0.828. The van der Waals surface area contributed by atoms with Gasteiger partial charge in [0.25, 0.3) is 0 Å². The van der Waals surface area contributed by atoms with E-state index >= 15 is 0 Å². The molecule has 0 bridgehead atoms. The summed E-state index contributed by atoms with van der Waals surface area (Å²) in [5.41, 5.74) is 0.258. The fourth-order valence-corrected chi connectivity index (χ4v) is 4.10. The van der Waals surface area contributed by atoms with Crippen molar-refractivity contribution in [1.29, 1.82) is 0 Å². The third-order valence-corrected chi connectivity index (χ3v) is 5.23. The molecule has 4 nitrogen and oxygen atoms in total. The van der Waals surface area contributed by atoms with Gasteiger partial charge in [-0.25, -0.2) is 9.78 Å². The predicted molar refractivity (Wildman–Crippen MR) is 72.6 cm³/mol. The van der Waals surface area contributed by atoms with Crippen LogP contribution in [0.5, 0.6) is 0 Å². The molecule has 1 aromatic rings. The molecule has 1 aliphatic heterocycles. The molecule has 0 amide bonds. The number of ether oxygens (including phenoxy) is 1. The summed E-state index contributed by atoms with van der Waals surface area (Å²) >= 11 is 1.76. The summed E-state index contributed by atoms with van der Waals surface area (Å²) in [5, 5.41) is 9.48. The Labute approximate surface area is 116 Å². The van der Waals surface area contributed by atoms with Crippen LogP contribution in [0.4, 0.5) is 0 Å². The first-order chi connectivity index (χ1) is 9.17. The zero-order chi connectivity index (χ0) is 13.3. The zero-order valence-corrected chi connectivity index (χ0v) is 11.5. The summed E-state index contributed by atoms with van der Waals surface area (Å²) in [4.78, 5) is 15.8. The van der Waals surface area contributed by atoms with E-state index in [1.165, 1.54) is 19.3 Å². The lowest BCUT2D eigenvalue weighted by Crippen LogP contribution is -2.46. The maximum atomic E-state index is 10.9. The highest BCUT2D eigenvalue weighted by atomic mass is 32.2. The quantitative estimate of drug-likeness (QED) is 0.921. The molecule has 0 aromatic carbocycles. The van der Waals surface area contributed by atoms with Gasteiger partial charge in [0, 0.05) is 22.9 Å². The highest BCUT2D eigenvalue weighted by molar-refractivity contribution is 8.00. The molecular formula is C14H17NO3S. The van der Waals surface area contributed by atoms with Gasteiger partial charge in [-0.05, 0) is 44.2 Å². The van der Waals surface area contributed by atoms with Crippen LogP contribution in [0.1, 0.15) is 42.6 Å². The van der Waals surface area contributed by atoms with Gasteiger partial charge in [-0.3, -0.25) is 0 Å². The number of pyridine rings is 1. The van der Waals surface area contributed by atoms with E-state index in [1.54, 1.807) is 24.0 Å². The van der Waals surface area contributed by atoms with E-state index in [2.05, 4.69) is 4.98 Å². The number of hydrogen-bond acceptors (Lipinski definition) is 4. The lowest BCUT2D eigenvalue weighted by Gasteiger charge is -2.47. The molecule has 2 fully saturated rings. The normalized spacial score (nSPS) is 24.9. The molecule has 1 spiro atoms. The van der Waals surface area contributed by atoms with E-state index in [1.807, 2.05) is 6.07 Å². The Morgan fingerprint density at radius 1 is 1.53 bits per heavy atom. The van der Waals surface area contributed by atoms with Crippen LogP contribution in [0.2, 0.25) is 0 Å². The molecule has 1 aromatic heterocycles. The molecule has 2 aliphatic rings. The van der Waals surface area contributed by atoms with Gasteiger partial charge < -0.3 is 9.84 Å². The maximum absolute atomic E-state index is 10.9. The standard InChI is InChI=1S/C14H17NO3S/c16-13(17)12-8-10(2-6-15-12)19-11-3-7-18-14(9-11)4-1-5-14/h2,6,8,11H,1,3-5,7,9H2,(H,16,17). The summed E-state index contributed by atoms with van der Waals surface area (Å²) in [6.07, 6.45) is 7.33. The van der Waals surface area contributed by atoms with Crippen molar-refractivity contribution >= 4 is 17.7 Å². The van der Waals surface area contributed by atoms with Gasteiger partial charge in [-0.1, -0.05) is 0 Å². The molecule has 1 N–H and O–H groups in total. The minimum atomic E-state index is -0.968. The predicted octanol–water partition coefficient (Wildman–Crippen LogP) is 2.97. The van der Waals surface area contributed by atoms with Crippen molar-refractivity contribution in [1.82, 2.24) is 4.98 Å². The average molecular weight is 279 g/mol. The van der Waals surface area contributed by atoms with E-state index in [0.717, 1.165) is 24.3 Å². The van der Waals surface area contributed by atoms with Gasteiger partial charge >= 0.3 is 5.97 Å². The Morgan fingerprint density at radius 2 is 2.37 bits per heavy atom. The summed E-state index contributed by atoms with van der Waals surface area (Å²) in [7, 11) is 0. The van der Waals surface area contributed by atoms with E-state index in [4.69, 9.17) is 9.84 Å². The number of thioether (sulfide) groups is 1. The van der Waals surface area contributed by atoms with Crippen molar-refractivity contribution in [2.45, 2.75) is 47.9 Å². The average Bonchev–Trinajstić information content (AvgIpc) is 2.37. The summed E-state index contributed by atoms with van der Waals surface area (Å²) < 4.78 is 5.91. The van der Waals surface area contributed by atoms with Gasteiger partial charge in [0.2, 0.25) is 0 Å². The number of nitrogens with zero attached hydrogens (tertiary/aromatic N) is 1. The molecule has 3 rings (SSSR count). The van der Waals surface area contributed by atoms with Crippen molar-refractivity contribution in [2.24, 2.45) is 0 Å². The SMILES string of the molecule is O=C(O)c1cc(SC2CCOC3(CCC3)C2)ccn1. The van der Waals surface area contributed by atoms with Crippen molar-refractivity contribution in [3.05, 3.63) is 24.0 Å². The van der Waals surface area contributed by atoms with Gasteiger partial charge in [-0.2, -0.15) is 0 Å². The Kier molecular flexibility index (Phi) is 3.50. The highest BCUT2D eigenvalue weighted by Crippen LogP contribution is 2.46. The van der Waals surface area contributed by atoms with Crippen molar-refractivity contribution in [3.63, 3.8) is 0 Å². The Balaban J connectivity index is 1.67. The first-order valence-electron chi connectivity index (χ1n) is 6.67. The van der Waals surface area contributed by atoms with Crippen LogP contribution in [0, 0.1) is 0 Å². The van der Waals surface area contributed by atoms with Crippen molar-refractivity contribution in [2.75, 3.05) is 6.61 Å². The lowest BCUT2D eigenvalue weighted by molar-refractivity contribution is -0.125. The van der Waals surface area contributed by atoms with Crippen molar-refractivity contribution in [3.8, 4) is 0 Å². The highest BCUT2D eigenvalue weighted by Gasteiger charge is 2.42. The fourth-order valence-electron chi connectivity index (χ4n) is 2.80. The second kappa shape index (κ2) is 5.13. The molecule has 1 atom stereocenters. The fraction of sp³-hybridized carbons (Fsp3) is 0.571. The number of rotatable bonds is 3. The second-order valence-electron chi connectivity index (χ2n) is 5.30. The van der Waals surface area contributed by atoms with Crippen LogP contribution in [-0.4, -0.2) is 33.5 Å². The molecule has 0 radical (unpaired) electrons. The van der Waals surface area contributed by atoms with E-state index in [9.17, 15) is 4.79 Å². The van der Waals surface area contributed by atoms with Gasteiger partial charge in [0.15, 0.2) is 0 Å². The van der Waals surface area contributed by atoms with Crippen LogP contribution < -0.4 is 0 Å². The molecule has 2 heterocycles. The smallest absolute Gasteiger partial charge is 0.354 e. The lowest BCUT2D eigenvalue weighted by atomic mass is 9.75. The van der Waals surface area contributed by atoms with Crippen LogP contribution in [0.3, 0.4) is 0 Å². The van der Waals surface area contributed by atoms with Gasteiger partial charge in [0.1, 0.15) is 5.69 Å². The summed E-state index contributed by atoms with van der Waals surface area (Å²) in [6, 6.07) is 3.55. The van der Waals surface area contributed by atoms with Crippen LogP contribution in [0.15, 0.2) is 23.2 Å². The monoisotopic (exact) mass is 279 g/mol. The van der Waals surface area contributed by atoms with E-state index < -0.39 is 5.97 Å². The second-order valence-corrected chi connectivity index (χ2v) is 6.67. The molecule has 1 saturated carbocycles. The Morgan fingerprint density at radius 3 is 3.05 bits per heavy atom. The third-order valence-electron chi connectivity index (χ3n) is 3.97. The molecule has 5 heteroatoms. The molecule has 1 saturated heterocycles. The first kappa shape index (κ1) is 12.9. The van der Waals surface area contributed by atoms with Crippen LogP contribution in [-0.2, 0) is 4.74 Å². The molecule has 19 heavy (non-hydrogen) atoms. The number of carbonyl (C=O) groups is 1. The van der Waals surface area contributed by atoms with E-state index in [-0.39, 0.29) is 11.3 Å². The Hall–Kier alpha value is -1.07. The molecule has 1 aliphatic carbocycles. The number of aromatic nitrogens is 1. The minimum Gasteiger partial charge on any atom is -0.477 e. The largest absolute Gasteiger partial charge is 0.477 e. The number of aromatic carboxylic acids is 1. The van der Waals surface area contributed by atoms with Gasteiger partial charge in [-0.15, -0.1) is 11.8 Å². The maximum Gasteiger partial charge on any atom is 0.354 e. The van der Waals surface area contributed by atoms with E-state index in [0.29, 0.717) is 5.25 Å². The number of hydrogen-bond donors (Lipinski definition) is 1. The Bertz CT molecular complexity index is 487. The van der Waals surface area contributed by atoms with Gasteiger partial charge in [0.05, 0.1) is 5.60 Å². The molecule has 1 unspecified atom stereocenters. The third kappa shape index (κ3) is 2.77. The molecular weight excluding hydrogens is 262 g/mol. The zero-order valence-electron chi connectivity index (χ0n) is 10.7.